The normalized spacial score (nSPS) is 14.9. The van der Waals surface area contributed by atoms with Gasteiger partial charge in [-0.2, -0.15) is 0 Å². The van der Waals surface area contributed by atoms with Crippen molar-refractivity contribution in [2.75, 3.05) is 6.61 Å². The van der Waals surface area contributed by atoms with Crippen LogP contribution in [-0.4, -0.2) is 35.4 Å². The average molecular weight is 473 g/mol. The van der Waals surface area contributed by atoms with Gasteiger partial charge in [-0.25, -0.2) is 0 Å². The van der Waals surface area contributed by atoms with E-state index in [4.69, 9.17) is 4.74 Å². The number of nitrogens with zero attached hydrogens (tertiary/aromatic N) is 1. The minimum Gasteiger partial charge on any atom is -0.484 e. The van der Waals surface area contributed by atoms with Gasteiger partial charge in [0.25, 0.3) is 5.91 Å². The first kappa shape index (κ1) is 22.3. The number of carbonyl (C=O) groups excluding carboxylic acids is 2. The average Bonchev–Trinajstić information content (AvgIpc) is 3.23. The van der Waals surface area contributed by atoms with Crippen LogP contribution >= 0.6 is 15.9 Å². The Kier molecular flexibility index (Phi) is 7.91. The van der Waals surface area contributed by atoms with E-state index in [1.807, 2.05) is 55.5 Å². The van der Waals surface area contributed by atoms with Crippen LogP contribution in [0.3, 0.4) is 0 Å². The SMILES string of the molecule is Cc1cccc(OCC(=O)N(Cc2cccc(Br)c2)[C@@H](C)C(=O)NC2CCCC2)c1. The second-order valence-electron chi connectivity index (χ2n) is 7.92. The number of aryl methyl sites for hydroxylation is 1. The van der Waals surface area contributed by atoms with Crippen LogP contribution in [0.25, 0.3) is 0 Å². The molecule has 2 aromatic carbocycles. The molecule has 0 radical (unpaired) electrons. The molecular formula is C24H29BrN2O3. The minimum atomic E-state index is -0.585. The smallest absolute Gasteiger partial charge is 0.261 e. The molecule has 0 aromatic heterocycles. The van der Waals surface area contributed by atoms with Gasteiger partial charge in [-0.05, 0) is 62.1 Å². The fourth-order valence-electron chi connectivity index (χ4n) is 3.74. The molecule has 5 nitrogen and oxygen atoms in total. The highest BCUT2D eigenvalue weighted by Gasteiger charge is 2.28. The maximum atomic E-state index is 13.1. The van der Waals surface area contributed by atoms with Crippen LogP contribution in [0.2, 0.25) is 0 Å². The molecule has 1 saturated carbocycles. The third-order valence-electron chi connectivity index (χ3n) is 5.46. The van der Waals surface area contributed by atoms with Crippen LogP contribution < -0.4 is 10.1 Å². The van der Waals surface area contributed by atoms with Gasteiger partial charge < -0.3 is 15.0 Å². The zero-order chi connectivity index (χ0) is 21.5. The van der Waals surface area contributed by atoms with Crippen molar-refractivity contribution < 1.29 is 14.3 Å². The number of amides is 2. The van der Waals surface area contributed by atoms with Gasteiger partial charge in [-0.1, -0.05) is 53.0 Å². The lowest BCUT2D eigenvalue weighted by Gasteiger charge is -2.29. The summed E-state index contributed by atoms with van der Waals surface area (Å²) in [7, 11) is 0. The third kappa shape index (κ3) is 6.33. The lowest BCUT2D eigenvalue weighted by molar-refractivity contribution is -0.142. The van der Waals surface area contributed by atoms with Crippen LogP contribution in [0.1, 0.15) is 43.7 Å². The standard InChI is InChI=1S/C24H29BrN2O3/c1-17-7-5-12-22(13-17)30-16-23(28)27(15-19-8-6-9-20(25)14-19)18(2)24(29)26-21-10-3-4-11-21/h5-9,12-14,18,21H,3-4,10-11,15-16H2,1-2H3,(H,26,29)/t18-/m0/s1. The van der Waals surface area contributed by atoms with Crippen LogP contribution in [0.15, 0.2) is 53.0 Å². The van der Waals surface area contributed by atoms with E-state index < -0.39 is 6.04 Å². The number of carbonyl (C=O) groups is 2. The highest BCUT2D eigenvalue weighted by molar-refractivity contribution is 9.10. The maximum absolute atomic E-state index is 13.1. The summed E-state index contributed by atoms with van der Waals surface area (Å²) in [6.45, 7) is 3.99. The molecule has 0 aliphatic heterocycles. The molecule has 30 heavy (non-hydrogen) atoms. The van der Waals surface area contributed by atoms with Gasteiger partial charge in [0.2, 0.25) is 5.91 Å². The molecule has 0 unspecified atom stereocenters. The third-order valence-corrected chi connectivity index (χ3v) is 5.96. The summed E-state index contributed by atoms with van der Waals surface area (Å²) in [5.74, 6) is 0.320. The molecular weight excluding hydrogens is 444 g/mol. The van der Waals surface area contributed by atoms with E-state index in [2.05, 4.69) is 21.2 Å². The molecule has 0 spiro atoms. The molecule has 2 aromatic rings. The van der Waals surface area contributed by atoms with Gasteiger partial charge in [-0.3, -0.25) is 9.59 Å². The Morgan fingerprint density at radius 1 is 1.17 bits per heavy atom. The molecule has 1 N–H and O–H groups in total. The Balaban J connectivity index is 1.71. The minimum absolute atomic E-state index is 0.110. The fourth-order valence-corrected chi connectivity index (χ4v) is 4.19. The van der Waals surface area contributed by atoms with Gasteiger partial charge in [0, 0.05) is 17.1 Å². The summed E-state index contributed by atoms with van der Waals surface area (Å²) in [5.41, 5.74) is 2.02. The Morgan fingerprint density at radius 2 is 1.90 bits per heavy atom. The molecule has 160 valence electrons. The summed E-state index contributed by atoms with van der Waals surface area (Å²) in [6.07, 6.45) is 4.30. The lowest BCUT2D eigenvalue weighted by atomic mass is 10.1. The number of rotatable bonds is 8. The molecule has 2 amide bonds. The number of hydrogen-bond donors (Lipinski definition) is 1. The van der Waals surface area contributed by atoms with Gasteiger partial charge in [0.15, 0.2) is 6.61 Å². The van der Waals surface area contributed by atoms with Gasteiger partial charge in [0.1, 0.15) is 11.8 Å². The van der Waals surface area contributed by atoms with E-state index in [1.165, 1.54) is 0 Å². The Morgan fingerprint density at radius 3 is 2.60 bits per heavy atom. The summed E-state index contributed by atoms with van der Waals surface area (Å²) in [6, 6.07) is 15.0. The van der Waals surface area contributed by atoms with Crippen molar-refractivity contribution in [3.05, 3.63) is 64.1 Å². The number of nitrogens with one attached hydrogen (secondary N) is 1. The number of halogens is 1. The Bertz CT molecular complexity index is 880. The summed E-state index contributed by atoms with van der Waals surface area (Å²) < 4.78 is 6.66. The molecule has 0 saturated heterocycles. The number of hydrogen-bond acceptors (Lipinski definition) is 3. The van der Waals surface area contributed by atoms with Gasteiger partial charge >= 0.3 is 0 Å². The maximum Gasteiger partial charge on any atom is 0.261 e. The molecule has 0 heterocycles. The number of benzene rings is 2. The van der Waals surface area contributed by atoms with Crippen molar-refractivity contribution in [1.82, 2.24) is 10.2 Å². The van der Waals surface area contributed by atoms with Crippen molar-refractivity contribution >= 4 is 27.7 Å². The summed E-state index contributed by atoms with van der Waals surface area (Å²) in [5, 5.41) is 3.11. The first-order valence-corrected chi connectivity index (χ1v) is 11.3. The predicted molar refractivity (Wildman–Crippen MR) is 121 cm³/mol. The van der Waals surface area contributed by atoms with Crippen LogP contribution in [0, 0.1) is 6.92 Å². The van der Waals surface area contributed by atoms with E-state index >= 15 is 0 Å². The molecule has 1 aliphatic carbocycles. The van der Waals surface area contributed by atoms with E-state index in [0.29, 0.717) is 12.3 Å². The van der Waals surface area contributed by atoms with Gasteiger partial charge in [-0.15, -0.1) is 0 Å². The molecule has 0 bridgehead atoms. The van der Waals surface area contributed by atoms with Crippen LogP contribution in [-0.2, 0) is 16.1 Å². The highest BCUT2D eigenvalue weighted by atomic mass is 79.9. The molecule has 1 atom stereocenters. The quantitative estimate of drug-likeness (QED) is 0.609. The van der Waals surface area contributed by atoms with Crippen LogP contribution in [0.4, 0.5) is 0 Å². The van der Waals surface area contributed by atoms with Crippen molar-refractivity contribution in [2.45, 2.75) is 58.2 Å². The van der Waals surface area contributed by atoms with Crippen molar-refractivity contribution in [2.24, 2.45) is 0 Å². The highest BCUT2D eigenvalue weighted by Crippen LogP contribution is 2.19. The summed E-state index contributed by atoms with van der Waals surface area (Å²) >= 11 is 3.47. The lowest BCUT2D eigenvalue weighted by Crippen LogP contribution is -2.50. The van der Waals surface area contributed by atoms with Crippen molar-refractivity contribution in [1.29, 1.82) is 0 Å². The number of ether oxygens (including phenoxy) is 1. The predicted octanol–water partition coefficient (Wildman–Crippen LogP) is 4.61. The summed E-state index contributed by atoms with van der Waals surface area (Å²) in [4.78, 5) is 27.5. The van der Waals surface area contributed by atoms with Crippen molar-refractivity contribution in [3.63, 3.8) is 0 Å². The second kappa shape index (κ2) is 10.6. The van der Waals surface area contributed by atoms with Crippen molar-refractivity contribution in [3.8, 4) is 5.75 Å². The topological polar surface area (TPSA) is 58.6 Å². The van der Waals surface area contributed by atoms with E-state index in [9.17, 15) is 9.59 Å². The first-order valence-electron chi connectivity index (χ1n) is 10.5. The first-order chi connectivity index (χ1) is 14.4. The van der Waals surface area contributed by atoms with Gasteiger partial charge in [0.05, 0.1) is 0 Å². The molecule has 1 fully saturated rings. The molecule has 3 rings (SSSR count). The van der Waals surface area contributed by atoms with E-state index in [0.717, 1.165) is 41.3 Å². The second-order valence-corrected chi connectivity index (χ2v) is 8.84. The largest absolute Gasteiger partial charge is 0.484 e. The van der Waals surface area contributed by atoms with Crippen LogP contribution in [0.5, 0.6) is 5.75 Å². The Labute approximate surface area is 186 Å². The fraction of sp³-hybridized carbons (Fsp3) is 0.417. The monoisotopic (exact) mass is 472 g/mol. The van der Waals surface area contributed by atoms with E-state index in [-0.39, 0.29) is 24.5 Å². The Hall–Kier alpha value is -2.34. The molecule has 1 aliphatic rings. The zero-order valence-electron chi connectivity index (χ0n) is 17.6. The molecule has 6 heteroatoms. The van der Waals surface area contributed by atoms with E-state index in [1.54, 1.807) is 11.8 Å². The zero-order valence-corrected chi connectivity index (χ0v) is 19.2.